The second-order valence-electron chi connectivity index (χ2n) is 6.51. The van der Waals surface area contributed by atoms with Gasteiger partial charge in [0.1, 0.15) is 6.61 Å². The molecule has 1 heterocycles. The smallest absolute Gasteiger partial charge is 0.363 e. The van der Waals surface area contributed by atoms with Gasteiger partial charge in [0.25, 0.3) is 0 Å². The molecule has 1 aliphatic rings. The summed E-state index contributed by atoms with van der Waals surface area (Å²) < 4.78 is 17.7. The molecule has 6 heteroatoms. The van der Waals surface area contributed by atoms with E-state index in [4.69, 9.17) is 14.2 Å². The number of hydrogen-bond acceptors (Lipinski definition) is 5. The van der Waals surface area contributed by atoms with Crippen LogP contribution in [0, 0.1) is 3.57 Å². The van der Waals surface area contributed by atoms with Crippen LogP contribution in [0.15, 0.2) is 83.5 Å². The molecule has 1 aliphatic heterocycles. The van der Waals surface area contributed by atoms with Crippen molar-refractivity contribution in [2.75, 3.05) is 7.11 Å². The van der Waals surface area contributed by atoms with E-state index >= 15 is 0 Å². The van der Waals surface area contributed by atoms with Crippen LogP contribution in [-0.2, 0) is 16.1 Å². The summed E-state index contributed by atoms with van der Waals surface area (Å²) in [7, 11) is 1.59. The summed E-state index contributed by atoms with van der Waals surface area (Å²) in [6.45, 7) is 0.435. The lowest BCUT2D eigenvalue weighted by atomic mass is 10.1. The summed E-state index contributed by atoms with van der Waals surface area (Å²) in [6.07, 6.45) is 1.68. The number of halogens is 1. The average molecular weight is 511 g/mol. The van der Waals surface area contributed by atoms with E-state index in [9.17, 15) is 4.79 Å². The van der Waals surface area contributed by atoms with Crippen molar-refractivity contribution in [2.24, 2.45) is 4.99 Å². The third-order valence-corrected chi connectivity index (χ3v) is 5.22. The average Bonchev–Trinajstić information content (AvgIpc) is 3.14. The van der Waals surface area contributed by atoms with Crippen molar-refractivity contribution >= 4 is 40.5 Å². The maximum Gasteiger partial charge on any atom is 0.363 e. The molecule has 0 atom stereocenters. The molecule has 3 aromatic carbocycles. The normalized spacial score (nSPS) is 14.4. The first kappa shape index (κ1) is 20.2. The Bertz CT molecular complexity index is 1120. The zero-order chi connectivity index (χ0) is 20.9. The van der Waals surface area contributed by atoms with Crippen LogP contribution in [0.3, 0.4) is 0 Å². The highest BCUT2D eigenvalue weighted by molar-refractivity contribution is 14.1. The first-order chi connectivity index (χ1) is 14.6. The van der Waals surface area contributed by atoms with E-state index < -0.39 is 5.97 Å². The molecule has 0 aliphatic carbocycles. The molecule has 0 aromatic heterocycles. The van der Waals surface area contributed by atoms with Crippen molar-refractivity contribution in [1.29, 1.82) is 0 Å². The predicted octanol–water partition coefficient (Wildman–Crippen LogP) is 5.22. The van der Waals surface area contributed by atoms with Crippen molar-refractivity contribution in [3.05, 3.63) is 98.8 Å². The molecule has 4 rings (SSSR count). The Morgan fingerprint density at radius 2 is 1.73 bits per heavy atom. The van der Waals surface area contributed by atoms with E-state index in [1.807, 2.05) is 72.8 Å². The zero-order valence-electron chi connectivity index (χ0n) is 16.2. The van der Waals surface area contributed by atoms with E-state index in [2.05, 4.69) is 27.6 Å². The van der Waals surface area contributed by atoms with Crippen molar-refractivity contribution in [3.8, 4) is 11.5 Å². The molecule has 0 N–H and O–H groups in total. The SMILES string of the molecule is COc1cc(/C=C2\N=C(c3ccccc3)OC2=O)cc(I)c1OCc1ccccc1. The minimum Gasteiger partial charge on any atom is -0.493 e. The van der Waals surface area contributed by atoms with Gasteiger partial charge in [-0.1, -0.05) is 48.5 Å². The number of aliphatic imine (C=N–C) groups is 1. The Balaban J connectivity index is 1.60. The van der Waals surface area contributed by atoms with Crippen molar-refractivity contribution in [2.45, 2.75) is 6.61 Å². The monoisotopic (exact) mass is 511 g/mol. The lowest BCUT2D eigenvalue weighted by Gasteiger charge is -2.13. The fourth-order valence-corrected chi connectivity index (χ4v) is 3.75. The number of ether oxygens (including phenoxy) is 3. The Morgan fingerprint density at radius 3 is 2.43 bits per heavy atom. The van der Waals surface area contributed by atoms with E-state index in [0.717, 1.165) is 20.3 Å². The predicted molar refractivity (Wildman–Crippen MR) is 124 cm³/mol. The Hall–Kier alpha value is -3.13. The second-order valence-corrected chi connectivity index (χ2v) is 7.67. The molecule has 5 nitrogen and oxygen atoms in total. The van der Waals surface area contributed by atoms with E-state index in [1.54, 1.807) is 13.2 Å². The number of benzene rings is 3. The van der Waals surface area contributed by atoms with Gasteiger partial charge in [0.2, 0.25) is 5.90 Å². The van der Waals surface area contributed by atoms with Crippen LogP contribution in [0.5, 0.6) is 11.5 Å². The van der Waals surface area contributed by atoms with Gasteiger partial charge in [0.15, 0.2) is 17.2 Å². The summed E-state index contributed by atoms with van der Waals surface area (Å²) in [4.78, 5) is 16.6. The van der Waals surface area contributed by atoms with Crippen LogP contribution >= 0.6 is 22.6 Å². The minimum atomic E-state index is -0.479. The Kier molecular flexibility index (Phi) is 6.13. The minimum absolute atomic E-state index is 0.240. The van der Waals surface area contributed by atoms with Gasteiger partial charge in [-0.3, -0.25) is 0 Å². The van der Waals surface area contributed by atoms with Crippen LogP contribution in [0.4, 0.5) is 0 Å². The second kappa shape index (κ2) is 9.13. The van der Waals surface area contributed by atoms with Crippen LogP contribution in [0.1, 0.15) is 16.7 Å². The van der Waals surface area contributed by atoms with Gasteiger partial charge < -0.3 is 14.2 Å². The van der Waals surface area contributed by atoms with Crippen molar-refractivity contribution < 1.29 is 19.0 Å². The topological polar surface area (TPSA) is 57.1 Å². The van der Waals surface area contributed by atoms with E-state index in [1.165, 1.54) is 0 Å². The fraction of sp³-hybridized carbons (Fsp3) is 0.0833. The molecule has 0 radical (unpaired) electrons. The first-order valence-corrected chi connectivity index (χ1v) is 10.3. The third-order valence-electron chi connectivity index (χ3n) is 4.42. The largest absolute Gasteiger partial charge is 0.493 e. The molecular formula is C24H18INO4. The maximum absolute atomic E-state index is 12.3. The van der Waals surface area contributed by atoms with Crippen LogP contribution in [-0.4, -0.2) is 19.0 Å². The van der Waals surface area contributed by atoms with Crippen molar-refractivity contribution in [3.63, 3.8) is 0 Å². The highest BCUT2D eigenvalue weighted by atomic mass is 127. The molecule has 0 saturated heterocycles. The van der Waals surface area contributed by atoms with Crippen LogP contribution < -0.4 is 9.47 Å². The summed E-state index contributed by atoms with van der Waals surface area (Å²) in [6, 6.07) is 23.0. The number of esters is 1. The third kappa shape index (κ3) is 4.54. The zero-order valence-corrected chi connectivity index (χ0v) is 18.3. The van der Waals surface area contributed by atoms with E-state index in [-0.39, 0.29) is 5.70 Å². The number of cyclic esters (lactones) is 1. The van der Waals surface area contributed by atoms with Gasteiger partial charge in [0, 0.05) is 5.56 Å². The first-order valence-electron chi connectivity index (χ1n) is 9.26. The summed E-state index contributed by atoms with van der Waals surface area (Å²) in [5.74, 6) is 1.07. The Labute approximate surface area is 188 Å². The summed E-state index contributed by atoms with van der Waals surface area (Å²) in [5, 5.41) is 0. The molecule has 0 saturated carbocycles. The van der Waals surface area contributed by atoms with Gasteiger partial charge in [0.05, 0.1) is 10.7 Å². The van der Waals surface area contributed by atoms with Gasteiger partial charge in [-0.05, 0) is 64.1 Å². The highest BCUT2D eigenvalue weighted by Crippen LogP contribution is 2.35. The molecule has 0 amide bonds. The molecule has 0 bridgehead atoms. The number of hydrogen-bond donors (Lipinski definition) is 0. The van der Waals surface area contributed by atoms with E-state index in [0.29, 0.717) is 24.0 Å². The summed E-state index contributed by atoms with van der Waals surface area (Å²) >= 11 is 2.20. The van der Waals surface area contributed by atoms with Gasteiger partial charge in [-0.25, -0.2) is 9.79 Å². The quantitative estimate of drug-likeness (QED) is 0.259. The Morgan fingerprint density at radius 1 is 1.03 bits per heavy atom. The number of nitrogens with zero attached hydrogens (tertiary/aromatic N) is 1. The van der Waals surface area contributed by atoms with Crippen LogP contribution in [0.25, 0.3) is 6.08 Å². The number of carbonyl (C=O) groups excluding carboxylic acids is 1. The van der Waals surface area contributed by atoms with Crippen LogP contribution in [0.2, 0.25) is 0 Å². The number of methoxy groups -OCH3 is 1. The molecule has 150 valence electrons. The molecule has 30 heavy (non-hydrogen) atoms. The fourth-order valence-electron chi connectivity index (χ4n) is 2.96. The number of rotatable bonds is 6. The lowest BCUT2D eigenvalue weighted by molar-refractivity contribution is -0.129. The summed E-state index contributed by atoms with van der Waals surface area (Å²) in [5.41, 5.74) is 2.84. The van der Waals surface area contributed by atoms with Gasteiger partial charge in [-0.2, -0.15) is 0 Å². The molecule has 0 spiro atoms. The molecular weight excluding hydrogens is 493 g/mol. The van der Waals surface area contributed by atoms with Crippen molar-refractivity contribution in [1.82, 2.24) is 0 Å². The highest BCUT2D eigenvalue weighted by Gasteiger charge is 2.24. The standard InChI is InChI=1S/C24H18INO4/c1-28-21-14-17(12-19(25)22(21)29-15-16-8-4-2-5-9-16)13-20-24(27)30-23(26-20)18-10-6-3-7-11-18/h2-14H,15H2,1H3/b20-13-. The maximum atomic E-state index is 12.3. The molecule has 0 fully saturated rings. The lowest BCUT2D eigenvalue weighted by Crippen LogP contribution is -2.05. The number of carbonyl (C=O) groups is 1. The van der Waals surface area contributed by atoms with Gasteiger partial charge in [-0.15, -0.1) is 0 Å². The van der Waals surface area contributed by atoms with Gasteiger partial charge >= 0.3 is 5.97 Å². The molecule has 0 unspecified atom stereocenters. The molecule has 3 aromatic rings.